The van der Waals surface area contributed by atoms with Crippen molar-refractivity contribution in [3.05, 3.63) is 0 Å². The predicted octanol–water partition coefficient (Wildman–Crippen LogP) is 1.07. The normalized spacial score (nSPS) is 33.0. The van der Waals surface area contributed by atoms with Gasteiger partial charge in [-0.15, -0.1) is 0 Å². The van der Waals surface area contributed by atoms with E-state index >= 15 is 0 Å². The standard InChI is InChI=1S/C10H20N2/c1-8(9-2-3-9)7-12-5-4-10(12)6-11/h8-10H,2-7,11H2,1H3. The van der Waals surface area contributed by atoms with Crippen molar-refractivity contribution in [3.8, 4) is 0 Å². The van der Waals surface area contributed by atoms with Crippen LogP contribution in [0.1, 0.15) is 26.2 Å². The van der Waals surface area contributed by atoms with Crippen LogP contribution in [0.5, 0.6) is 0 Å². The Morgan fingerprint density at radius 1 is 1.42 bits per heavy atom. The Labute approximate surface area is 75.1 Å². The van der Waals surface area contributed by atoms with Gasteiger partial charge >= 0.3 is 0 Å². The van der Waals surface area contributed by atoms with Crippen LogP contribution in [0, 0.1) is 11.8 Å². The lowest BCUT2D eigenvalue weighted by molar-refractivity contribution is 0.0758. The van der Waals surface area contributed by atoms with Crippen LogP contribution in [0.3, 0.4) is 0 Å². The second-order valence-corrected chi connectivity index (χ2v) is 4.49. The molecular formula is C10H20N2. The number of hydrogen-bond acceptors (Lipinski definition) is 2. The molecule has 70 valence electrons. The smallest absolute Gasteiger partial charge is 0.0230 e. The summed E-state index contributed by atoms with van der Waals surface area (Å²) in [6.07, 6.45) is 4.28. The van der Waals surface area contributed by atoms with E-state index in [1.165, 1.54) is 32.4 Å². The number of likely N-dealkylation sites (tertiary alicyclic amines) is 1. The molecule has 2 rings (SSSR count). The first-order valence-electron chi connectivity index (χ1n) is 5.25. The van der Waals surface area contributed by atoms with Crippen LogP contribution in [-0.2, 0) is 0 Å². The molecule has 0 aromatic rings. The molecule has 2 nitrogen and oxygen atoms in total. The Morgan fingerprint density at radius 2 is 2.17 bits per heavy atom. The van der Waals surface area contributed by atoms with Gasteiger partial charge < -0.3 is 5.73 Å². The summed E-state index contributed by atoms with van der Waals surface area (Å²) in [7, 11) is 0. The first-order valence-corrected chi connectivity index (χ1v) is 5.25. The summed E-state index contributed by atoms with van der Waals surface area (Å²) >= 11 is 0. The molecule has 0 bridgehead atoms. The summed E-state index contributed by atoms with van der Waals surface area (Å²) in [4.78, 5) is 2.56. The lowest BCUT2D eigenvalue weighted by Gasteiger charge is -2.41. The average Bonchev–Trinajstić information content (AvgIpc) is 2.80. The van der Waals surface area contributed by atoms with E-state index in [9.17, 15) is 0 Å². The minimum absolute atomic E-state index is 0.714. The predicted molar refractivity (Wildman–Crippen MR) is 50.9 cm³/mol. The molecule has 0 amide bonds. The zero-order valence-electron chi connectivity index (χ0n) is 8.00. The van der Waals surface area contributed by atoms with Crippen LogP contribution in [0.25, 0.3) is 0 Å². The second kappa shape index (κ2) is 3.35. The molecule has 0 aromatic carbocycles. The third-order valence-electron chi connectivity index (χ3n) is 3.49. The van der Waals surface area contributed by atoms with E-state index in [1.807, 2.05) is 0 Å². The summed E-state index contributed by atoms with van der Waals surface area (Å²) in [6.45, 7) is 5.84. The van der Waals surface area contributed by atoms with Gasteiger partial charge in [0, 0.05) is 25.7 Å². The summed E-state index contributed by atoms with van der Waals surface area (Å²) in [6, 6.07) is 0.714. The molecule has 2 heteroatoms. The highest BCUT2D eigenvalue weighted by molar-refractivity contribution is 4.87. The van der Waals surface area contributed by atoms with Gasteiger partial charge in [-0.3, -0.25) is 4.90 Å². The molecule has 2 N–H and O–H groups in total. The molecule has 2 aliphatic rings. The van der Waals surface area contributed by atoms with E-state index in [2.05, 4.69) is 11.8 Å². The summed E-state index contributed by atoms with van der Waals surface area (Å²) in [5.74, 6) is 1.96. The lowest BCUT2D eigenvalue weighted by Crippen LogP contribution is -2.53. The Bertz CT molecular complexity index is 152. The van der Waals surface area contributed by atoms with Crippen LogP contribution >= 0.6 is 0 Å². The SMILES string of the molecule is CC(CN1CCC1CN)C1CC1. The molecule has 0 spiro atoms. The average molecular weight is 168 g/mol. The van der Waals surface area contributed by atoms with Gasteiger partial charge in [-0.1, -0.05) is 6.92 Å². The number of hydrogen-bond donors (Lipinski definition) is 1. The van der Waals surface area contributed by atoms with E-state index in [4.69, 9.17) is 5.73 Å². The maximum atomic E-state index is 5.65. The van der Waals surface area contributed by atoms with Crippen molar-refractivity contribution in [1.29, 1.82) is 0 Å². The van der Waals surface area contributed by atoms with Crippen LogP contribution in [0.2, 0.25) is 0 Å². The molecule has 1 saturated carbocycles. The minimum Gasteiger partial charge on any atom is -0.329 e. The molecule has 1 heterocycles. The molecule has 2 unspecified atom stereocenters. The number of nitrogens with two attached hydrogens (primary N) is 1. The van der Waals surface area contributed by atoms with E-state index in [0.717, 1.165) is 18.4 Å². The first kappa shape index (κ1) is 8.52. The van der Waals surface area contributed by atoms with Gasteiger partial charge in [-0.25, -0.2) is 0 Å². The molecule has 0 aromatic heterocycles. The van der Waals surface area contributed by atoms with Crippen LogP contribution in [-0.4, -0.2) is 30.6 Å². The van der Waals surface area contributed by atoms with Gasteiger partial charge in [0.15, 0.2) is 0 Å². The Hall–Kier alpha value is -0.0800. The summed E-state index contributed by atoms with van der Waals surface area (Å²) in [5.41, 5.74) is 5.65. The number of nitrogens with zero attached hydrogens (tertiary/aromatic N) is 1. The highest BCUT2D eigenvalue weighted by atomic mass is 15.2. The largest absolute Gasteiger partial charge is 0.329 e. The van der Waals surface area contributed by atoms with Gasteiger partial charge in [0.25, 0.3) is 0 Å². The maximum Gasteiger partial charge on any atom is 0.0230 e. The summed E-state index contributed by atoms with van der Waals surface area (Å²) < 4.78 is 0. The maximum absolute atomic E-state index is 5.65. The fourth-order valence-electron chi connectivity index (χ4n) is 2.19. The van der Waals surface area contributed by atoms with Crippen LogP contribution < -0.4 is 5.73 Å². The van der Waals surface area contributed by atoms with Gasteiger partial charge in [0.05, 0.1) is 0 Å². The Kier molecular flexibility index (Phi) is 2.37. The van der Waals surface area contributed by atoms with Gasteiger partial charge in [-0.2, -0.15) is 0 Å². The third kappa shape index (κ3) is 1.64. The molecule has 1 aliphatic heterocycles. The highest BCUT2D eigenvalue weighted by Crippen LogP contribution is 2.37. The zero-order valence-corrected chi connectivity index (χ0v) is 8.00. The fraction of sp³-hybridized carbons (Fsp3) is 1.00. The van der Waals surface area contributed by atoms with Crippen LogP contribution in [0.4, 0.5) is 0 Å². The van der Waals surface area contributed by atoms with E-state index in [1.54, 1.807) is 0 Å². The van der Waals surface area contributed by atoms with Crippen molar-refractivity contribution >= 4 is 0 Å². The minimum atomic E-state index is 0.714. The second-order valence-electron chi connectivity index (χ2n) is 4.49. The molecule has 1 saturated heterocycles. The van der Waals surface area contributed by atoms with E-state index < -0.39 is 0 Å². The summed E-state index contributed by atoms with van der Waals surface area (Å²) in [5, 5.41) is 0. The zero-order chi connectivity index (χ0) is 8.55. The van der Waals surface area contributed by atoms with Gasteiger partial charge in [0.1, 0.15) is 0 Å². The van der Waals surface area contributed by atoms with E-state index in [0.29, 0.717) is 6.04 Å². The van der Waals surface area contributed by atoms with Crippen molar-refractivity contribution in [2.75, 3.05) is 19.6 Å². The molecule has 2 fully saturated rings. The Morgan fingerprint density at radius 3 is 2.58 bits per heavy atom. The van der Waals surface area contributed by atoms with Crippen molar-refractivity contribution in [3.63, 3.8) is 0 Å². The van der Waals surface area contributed by atoms with Crippen LogP contribution in [0.15, 0.2) is 0 Å². The number of rotatable bonds is 4. The lowest BCUT2D eigenvalue weighted by atomic mass is 9.98. The molecule has 2 atom stereocenters. The van der Waals surface area contributed by atoms with Crippen molar-refractivity contribution in [2.24, 2.45) is 17.6 Å². The topological polar surface area (TPSA) is 29.3 Å². The fourth-order valence-corrected chi connectivity index (χ4v) is 2.19. The molecule has 0 radical (unpaired) electrons. The Balaban J connectivity index is 1.71. The monoisotopic (exact) mass is 168 g/mol. The quantitative estimate of drug-likeness (QED) is 0.680. The van der Waals surface area contributed by atoms with Gasteiger partial charge in [-0.05, 0) is 31.1 Å². The van der Waals surface area contributed by atoms with Gasteiger partial charge in [0.2, 0.25) is 0 Å². The first-order chi connectivity index (χ1) is 5.81. The van der Waals surface area contributed by atoms with Crippen molar-refractivity contribution in [1.82, 2.24) is 4.90 Å². The molecule has 12 heavy (non-hydrogen) atoms. The third-order valence-corrected chi connectivity index (χ3v) is 3.49. The highest BCUT2D eigenvalue weighted by Gasteiger charge is 2.33. The van der Waals surface area contributed by atoms with E-state index in [-0.39, 0.29) is 0 Å². The van der Waals surface area contributed by atoms with Crippen molar-refractivity contribution < 1.29 is 0 Å². The molecule has 1 aliphatic carbocycles. The molecular weight excluding hydrogens is 148 g/mol. The van der Waals surface area contributed by atoms with Crippen molar-refractivity contribution in [2.45, 2.75) is 32.2 Å².